The lowest BCUT2D eigenvalue weighted by atomic mass is 10.0. The lowest BCUT2D eigenvalue weighted by molar-refractivity contribution is 0.0698. The van der Waals surface area contributed by atoms with E-state index in [1.54, 1.807) is 58.0 Å². The molecule has 0 bridgehead atoms. The van der Waals surface area contributed by atoms with E-state index >= 15 is 0 Å². The van der Waals surface area contributed by atoms with Gasteiger partial charge in [-0.1, -0.05) is 12.1 Å². The third kappa shape index (κ3) is 4.09. The molecule has 4 aromatic rings. The van der Waals surface area contributed by atoms with Gasteiger partial charge in [-0.2, -0.15) is 10.2 Å². The molecular weight excluding hydrogens is 437 g/mol. The maximum atomic E-state index is 14.5. The fourth-order valence-electron chi connectivity index (χ4n) is 4.22. The Morgan fingerprint density at radius 3 is 2.44 bits per heavy atom. The number of carbonyl (C=O) groups excluding carboxylic acids is 2. The second kappa shape index (κ2) is 8.97. The lowest BCUT2D eigenvalue weighted by Crippen LogP contribution is -2.46. The van der Waals surface area contributed by atoms with E-state index in [-0.39, 0.29) is 23.5 Å². The summed E-state index contributed by atoms with van der Waals surface area (Å²) in [5, 5.41) is 11.4. The van der Waals surface area contributed by atoms with E-state index in [0.717, 1.165) is 0 Å². The zero-order valence-electron chi connectivity index (χ0n) is 18.6. The Hall–Kier alpha value is -4.21. The number of amides is 2. The van der Waals surface area contributed by atoms with Crippen LogP contribution in [0.25, 0.3) is 11.5 Å². The third-order valence-electron chi connectivity index (χ3n) is 5.99. The van der Waals surface area contributed by atoms with Crippen LogP contribution in [0, 0.1) is 5.82 Å². The Balaban J connectivity index is 1.34. The largest absolute Gasteiger partial charge is 0.349 e. The Kier molecular flexibility index (Phi) is 5.70. The SMILES string of the molecule is Cn1cc(C(=O)NC2CCN(C(=O)c3cnn(-c4ccccc4F)c3-n3cccc3)CC2)cn1. The molecule has 3 aromatic heterocycles. The van der Waals surface area contributed by atoms with Gasteiger partial charge in [0.15, 0.2) is 5.82 Å². The van der Waals surface area contributed by atoms with Gasteiger partial charge < -0.3 is 14.8 Å². The van der Waals surface area contributed by atoms with E-state index in [9.17, 15) is 14.0 Å². The van der Waals surface area contributed by atoms with E-state index in [0.29, 0.717) is 42.9 Å². The molecule has 0 spiro atoms. The van der Waals surface area contributed by atoms with Crippen molar-refractivity contribution in [2.24, 2.45) is 7.05 Å². The molecule has 0 radical (unpaired) electrons. The Morgan fingerprint density at radius 1 is 1.03 bits per heavy atom. The first-order chi connectivity index (χ1) is 16.5. The first-order valence-corrected chi connectivity index (χ1v) is 11.1. The molecule has 174 valence electrons. The predicted molar refractivity (Wildman–Crippen MR) is 122 cm³/mol. The second-order valence-electron chi connectivity index (χ2n) is 8.28. The van der Waals surface area contributed by atoms with Crippen LogP contribution >= 0.6 is 0 Å². The normalized spacial score (nSPS) is 14.4. The molecule has 0 aliphatic carbocycles. The molecule has 0 unspecified atom stereocenters. The molecule has 9 nitrogen and oxygen atoms in total. The number of hydrogen-bond acceptors (Lipinski definition) is 4. The van der Waals surface area contributed by atoms with E-state index in [2.05, 4.69) is 15.5 Å². The molecule has 10 heteroatoms. The number of piperidine rings is 1. The van der Waals surface area contributed by atoms with Gasteiger partial charge in [-0.3, -0.25) is 14.3 Å². The third-order valence-corrected chi connectivity index (χ3v) is 5.99. The average molecular weight is 462 g/mol. The minimum atomic E-state index is -0.428. The lowest BCUT2D eigenvalue weighted by Gasteiger charge is -2.32. The van der Waals surface area contributed by atoms with Crippen molar-refractivity contribution < 1.29 is 14.0 Å². The highest BCUT2D eigenvalue weighted by Gasteiger charge is 2.29. The fourth-order valence-corrected chi connectivity index (χ4v) is 4.22. The summed E-state index contributed by atoms with van der Waals surface area (Å²) in [6, 6.07) is 9.98. The zero-order valence-corrected chi connectivity index (χ0v) is 18.6. The van der Waals surface area contributed by atoms with Gasteiger partial charge in [0.25, 0.3) is 11.8 Å². The van der Waals surface area contributed by atoms with Crippen LogP contribution in [-0.2, 0) is 7.05 Å². The molecule has 1 N–H and O–H groups in total. The second-order valence-corrected chi connectivity index (χ2v) is 8.28. The van der Waals surface area contributed by atoms with Gasteiger partial charge in [0, 0.05) is 44.8 Å². The summed E-state index contributed by atoms with van der Waals surface area (Å²) in [6.07, 6.45) is 9.56. The highest BCUT2D eigenvalue weighted by atomic mass is 19.1. The van der Waals surface area contributed by atoms with Gasteiger partial charge in [0.1, 0.15) is 17.1 Å². The summed E-state index contributed by atoms with van der Waals surface area (Å²) in [5.41, 5.74) is 1.16. The van der Waals surface area contributed by atoms with Gasteiger partial charge in [0.05, 0.1) is 18.0 Å². The minimum absolute atomic E-state index is 0.0261. The summed E-state index contributed by atoms with van der Waals surface area (Å²) in [7, 11) is 1.76. The standard InChI is InChI=1S/C24H24FN7O2/c1-29-16-17(14-26-29)22(33)28-18-8-12-31(13-9-18)24(34)19-15-27-32(21-7-3-2-6-20(21)25)23(19)30-10-4-5-11-30/h2-7,10-11,14-16,18H,8-9,12-13H2,1H3,(H,28,33). The first-order valence-electron chi connectivity index (χ1n) is 11.1. The molecule has 1 fully saturated rings. The van der Waals surface area contributed by atoms with Crippen LogP contribution in [0.4, 0.5) is 4.39 Å². The molecule has 0 atom stereocenters. The van der Waals surface area contributed by atoms with Gasteiger partial charge in [-0.05, 0) is 37.1 Å². The first kappa shape index (κ1) is 21.6. The number of halogens is 1. The van der Waals surface area contributed by atoms with Crippen molar-refractivity contribution in [2.75, 3.05) is 13.1 Å². The van der Waals surface area contributed by atoms with Crippen molar-refractivity contribution >= 4 is 11.8 Å². The van der Waals surface area contributed by atoms with Crippen molar-refractivity contribution in [3.63, 3.8) is 0 Å². The number of hydrogen-bond donors (Lipinski definition) is 1. The van der Waals surface area contributed by atoms with Gasteiger partial charge in [-0.25, -0.2) is 9.07 Å². The van der Waals surface area contributed by atoms with Crippen LogP contribution in [0.1, 0.15) is 33.6 Å². The molecule has 0 saturated carbocycles. The maximum Gasteiger partial charge on any atom is 0.259 e. The minimum Gasteiger partial charge on any atom is -0.349 e. The number of aryl methyl sites for hydroxylation is 1. The zero-order chi connectivity index (χ0) is 23.7. The molecule has 2 amide bonds. The van der Waals surface area contributed by atoms with Crippen molar-refractivity contribution in [1.29, 1.82) is 0 Å². The van der Waals surface area contributed by atoms with E-state index in [4.69, 9.17) is 0 Å². The summed E-state index contributed by atoms with van der Waals surface area (Å²) >= 11 is 0. The van der Waals surface area contributed by atoms with E-state index < -0.39 is 5.82 Å². The Labute approximate surface area is 195 Å². The summed E-state index contributed by atoms with van der Waals surface area (Å²) in [5.74, 6) is -0.294. The number of rotatable bonds is 5. The van der Waals surface area contributed by atoms with Crippen molar-refractivity contribution in [3.8, 4) is 11.5 Å². The molecule has 1 aliphatic heterocycles. The highest BCUT2D eigenvalue weighted by Crippen LogP contribution is 2.24. The van der Waals surface area contributed by atoms with Gasteiger partial charge in [0.2, 0.25) is 0 Å². The van der Waals surface area contributed by atoms with Crippen LogP contribution in [0.5, 0.6) is 0 Å². The molecule has 5 rings (SSSR count). The van der Waals surface area contributed by atoms with Gasteiger partial charge in [-0.15, -0.1) is 0 Å². The van der Waals surface area contributed by atoms with Crippen molar-refractivity contribution in [2.45, 2.75) is 18.9 Å². The van der Waals surface area contributed by atoms with Crippen LogP contribution in [0.3, 0.4) is 0 Å². The highest BCUT2D eigenvalue weighted by molar-refractivity contribution is 5.97. The number of benzene rings is 1. The molecule has 4 heterocycles. The number of carbonyl (C=O) groups is 2. The fraction of sp³-hybridized carbons (Fsp3) is 0.250. The number of aromatic nitrogens is 5. The van der Waals surface area contributed by atoms with Crippen LogP contribution in [0.15, 0.2) is 67.4 Å². The van der Waals surface area contributed by atoms with Crippen molar-refractivity contribution in [1.82, 2.24) is 34.3 Å². The van der Waals surface area contributed by atoms with Crippen LogP contribution in [-0.4, -0.2) is 60.0 Å². The summed E-state index contributed by atoms with van der Waals surface area (Å²) < 4.78 is 19.3. The smallest absolute Gasteiger partial charge is 0.259 e. The van der Waals surface area contributed by atoms with Crippen LogP contribution in [0.2, 0.25) is 0 Å². The molecular formula is C24H24FN7O2. The molecule has 1 aromatic carbocycles. The molecule has 34 heavy (non-hydrogen) atoms. The van der Waals surface area contributed by atoms with Crippen LogP contribution < -0.4 is 5.32 Å². The Bertz CT molecular complexity index is 1320. The predicted octanol–water partition coefficient (Wildman–Crippen LogP) is 2.57. The maximum absolute atomic E-state index is 14.5. The summed E-state index contributed by atoms with van der Waals surface area (Å²) in [6.45, 7) is 0.986. The van der Waals surface area contributed by atoms with E-state index in [1.807, 2.05) is 12.1 Å². The Morgan fingerprint density at radius 2 is 1.76 bits per heavy atom. The molecule has 1 saturated heterocycles. The monoisotopic (exact) mass is 461 g/mol. The number of nitrogens with one attached hydrogen (secondary N) is 1. The number of para-hydroxylation sites is 1. The topological polar surface area (TPSA) is 90.0 Å². The van der Waals surface area contributed by atoms with E-state index in [1.165, 1.54) is 23.1 Å². The molecule has 1 aliphatic rings. The number of likely N-dealkylation sites (tertiary alicyclic amines) is 1. The van der Waals surface area contributed by atoms with Crippen molar-refractivity contribution in [3.05, 3.63) is 84.3 Å². The number of nitrogens with zero attached hydrogens (tertiary/aromatic N) is 6. The quantitative estimate of drug-likeness (QED) is 0.495. The average Bonchev–Trinajstić information content (AvgIpc) is 3.60. The van der Waals surface area contributed by atoms with Gasteiger partial charge >= 0.3 is 0 Å². The summed E-state index contributed by atoms with van der Waals surface area (Å²) in [4.78, 5) is 27.6.